The molecule has 4 nitrogen and oxygen atoms in total. The predicted octanol–water partition coefficient (Wildman–Crippen LogP) is 0.923. The molecule has 5 heteroatoms. The summed E-state index contributed by atoms with van der Waals surface area (Å²) in [6, 6.07) is 5.74. The minimum Gasteiger partial charge on any atom is -0.393 e. The molecule has 3 N–H and O–H groups in total. The summed E-state index contributed by atoms with van der Waals surface area (Å²) in [4.78, 5) is 7.05. The third kappa shape index (κ3) is 1.97. The van der Waals surface area contributed by atoms with Gasteiger partial charge in [0.15, 0.2) is 0 Å². The van der Waals surface area contributed by atoms with Gasteiger partial charge < -0.3 is 15.7 Å². The maximum Gasteiger partial charge on any atom is 0.129 e. The van der Waals surface area contributed by atoms with Gasteiger partial charge in [-0.05, 0) is 30.9 Å². The van der Waals surface area contributed by atoms with E-state index < -0.39 is 0 Å². The Kier molecular flexibility index (Phi) is 2.95. The van der Waals surface area contributed by atoms with E-state index in [4.69, 9.17) is 18.0 Å². The number of aromatic nitrogens is 1. The van der Waals surface area contributed by atoms with Crippen molar-refractivity contribution in [3.63, 3.8) is 0 Å². The van der Waals surface area contributed by atoms with Crippen LogP contribution >= 0.6 is 12.2 Å². The average molecular weight is 263 g/mol. The third-order valence-electron chi connectivity index (χ3n) is 4.13. The van der Waals surface area contributed by atoms with Gasteiger partial charge in [-0.15, -0.1) is 0 Å². The third-order valence-corrected chi connectivity index (χ3v) is 4.34. The van der Waals surface area contributed by atoms with Crippen molar-refractivity contribution < 1.29 is 5.11 Å². The Morgan fingerprint density at radius 1 is 1.39 bits per heavy atom. The molecule has 1 saturated carbocycles. The Balaban J connectivity index is 1.80. The maximum absolute atomic E-state index is 9.92. The SMILES string of the molecule is NC(=S)c1cccc(N2CC3CCC(O)C3C2)n1. The van der Waals surface area contributed by atoms with Crippen LogP contribution < -0.4 is 10.6 Å². The van der Waals surface area contributed by atoms with E-state index in [0.29, 0.717) is 22.5 Å². The van der Waals surface area contributed by atoms with Crippen molar-refractivity contribution in [1.82, 2.24) is 4.98 Å². The van der Waals surface area contributed by atoms with Crippen LogP contribution in [0.1, 0.15) is 18.5 Å². The Hall–Kier alpha value is -1.20. The van der Waals surface area contributed by atoms with Crippen LogP contribution in [0.3, 0.4) is 0 Å². The lowest BCUT2D eigenvalue weighted by molar-refractivity contribution is 0.133. The molecule has 0 aromatic carbocycles. The number of nitrogens with two attached hydrogens (primary N) is 1. The van der Waals surface area contributed by atoms with Gasteiger partial charge in [0.05, 0.1) is 11.8 Å². The second-order valence-electron chi connectivity index (χ2n) is 5.22. The van der Waals surface area contributed by atoms with Crippen LogP contribution in [0.25, 0.3) is 0 Å². The van der Waals surface area contributed by atoms with E-state index in [-0.39, 0.29) is 6.10 Å². The predicted molar refractivity (Wildman–Crippen MR) is 74.6 cm³/mol. The zero-order chi connectivity index (χ0) is 12.7. The van der Waals surface area contributed by atoms with Crippen LogP contribution in [0.5, 0.6) is 0 Å². The minimum absolute atomic E-state index is 0.140. The zero-order valence-corrected chi connectivity index (χ0v) is 10.9. The molecule has 0 spiro atoms. The van der Waals surface area contributed by atoms with Gasteiger partial charge >= 0.3 is 0 Å². The molecule has 0 radical (unpaired) electrons. The molecule has 3 rings (SSSR count). The number of fused-ring (bicyclic) bond motifs is 1. The lowest BCUT2D eigenvalue weighted by Crippen LogP contribution is -2.25. The number of pyridine rings is 1. The van der Waals surface area contributed by atoms with Gasteiger partial charge in [-0.25, -0.2) is 4.98 Å². The van der Waals surface area contributed by atoms with Gasteiger partial charge in [0, 0.05) is 19.0 Å². The average Bonchev–Trinajstić information content (AvgIpc) is 2.92. The van der Waals surface area contributed by atoms with E-state index >= 15 is 0 Å². The Labute approximate surface area is 112 Å². The van der Waals surface area contributed by atoms with Crippen LogP contribution in [0.2, 0.25) is 0 Å². The van der Waals surface area contributed by atoms with Crippen molar-refractivity contribution in [2.24, 2.45) is 17.6 Å². The fourth-order valence-electron chi connectivity index (χ4n) is 3.16. The Morgan fingerprint density at radius 3 is 2.94 bits per heavy atom. The molecule has 18 heavy (non-hydrogen) atoms. The molecular formula is C13H17N3OS. The first-order chi connectivity index (χ1) is 8.65. The van der Waals surface area contributed by atoms with Crippen molar-refractivity contribution in [3.05, 3.63) is 23.9 Å². The summed E-state index contributed by atoms with van der Waals surface area (Å²) in [5.41, 5.74) is 6.27. The monoisotopic (exact) mass is 263 g/mol. The molecule has 1 aliphatic carbocycles. The summed E-state index contributed by atoms with van der Waals surface area (Å²) in [5.74, 6) is 1.93. The van der Waals surface area contributed by atoms with Crippen molar-refractivity contribution in [2.75, 3.05) is 18.0 Å². The normalized spacial score (nSPS) is 30.5. The molecule has 3 atom stereocenters. The van der Waals surface area contributed by atoms with E-state index in [0.717, 1.165) is 31.7 Å². The van der Waals surface area contributed by atoms with E-state index in [1.165, 1.54) is 0 Å². The molecule has 1 aromatic heterocycles. The van der Waals surface area contributed by atoms with Crippen molar-refractivity contribution in [3.8, 4) is 0 Å². The minimum atomic E-state index is -0.140. The van der Waals surface area contributed by atoms with Gasteiger partial charge in [0.25, 0.3) is 0 Å². The van der Waals surface area contributed by atoms with Crippen LogP contribution in [-0.2, 0) is 0 Å². The molecule has 1 saturated heterocycles. The van der Waals surface area contributed by atoms with E-state index in [1.807, 2.05) is 18.2 Å². The highest BCUT2D eigenvalue weighted by atomic mass is 32.1. The topological polar surface area (TPSA) is 62.4 Å². The number of aliphatic hydroxyl groups is 1. The Morgan fingerprint density at radius 2 is 2.22 bits per heavy atom. The number of rotatable bonds is 2. The van der Waals surface area contributed by atoms with Gasteiger partial charge in [-0.1, -0.05) is 18.3 Å². The fourth-order valence-corrected chi connectivity index (χ4v) is 3.27. The first kappa shape index (κ1) is 11.9. The molecule has 96 valence electrons. The molecule has 0 amide bonds. The van der Waals surface area contributed by atoms with Crippen LogP contribution in [-0.4, -0.2) is 34.3 Å². The highest BCUT2D eigenvalue weighted by Gasteiger charge is 2.42. The first-order valence-electron chi connectivity index (χ1n) is 6.35. The molecule has 0 bridgehead atoms. The molecule has 1 aliphatic heterocycles. The summed E-state index contributed by atoms with van der Waals surface area (Å²) >= 11 is 4.95. The number of thiocarbonyl (C=S) groups is 1. The number of nitrogens with zero attached hydrogens (tertiary/aromatic N) is 2. The van der Waals surface area contributed by atoms with Gasteiger partial charge in [-0.2, -0.15) is 0 Å². The van der Waals surface area contributed by atoms with Crippen LogP contribution in [0.4, 0.5) is 5.82 Å². The lowest BCUT2D eigenvalue weighted by Gasteiger charge is -2.19. The maximum atomic E-state index is 9.92. The largest absolute Gasteiger partial charge is 0.393 e. The number of anilines is 1. The standard InChI is InChI=1S/C13H17N3OS/c14-13(18)10-2-1-3-12(15-10)16-6-8-4-5-11(17)9(8)7-16/h1-3,8-9,11,17H,4-7H2,(H2,14,18). The molecular weight excluding hydrogens is 246 g/mol. The number of hydrogen-bond acceptors (Lipinski definition) is 4. The van der Waals surface area contributed by atoms with Gasteiger partial charge in [0.1, 0.15) is 10.8 Å². The molecule has 3 unspecified atom stereocenters. The summed E-state index contributed by atoms with van der Waals surface area (Å²) in [7, 11) is 0. The second-order valence-corrected chi connectivity index (χ2v) is 5.66. The summed E-state index contributed by atoms with van der Waals surface area (Å²) in [6.07, 6.45) is 1.93. The number of hydrogen-bond donors (Lipinski definition) is 2. The summed E-state index contributed by atoms with van der Waals surface area (Å²) < 4.78 is 0. The van der Waals surface area contributed by atoms with Crippen molar-refractivity contribution in [2.45, 2.75) is 18.9 Å². The van der Waals surface area contributed by atoms with Crippen molar-refractivity contribution in [1.29, 1.82) is 0 Å². The van der Waals surface area contributed by atoms with Crippen LogP contribution in [0.15, 0.2) is 18.2 Å². The van der Waals surface area contributed by atoms with E-state index in [9.17, 15) is 5.11 Å². The molecule has 2 heterocycles. The van der Waals surface area contributed by atoms with Crippen molar-refractivity contribution >= 4 is 23.0 Å². The zero-order valence-electron chi connectivity index (χ0n) is 10.1. The van der Waals surface area contributed by atoms with Crippen LogP contribution in [0, 0.1) is 11.8 Å². The summed E-state index contributed by atoms with van der Waals surface area (Å²) in [6.45, 7) is 1.87. The Bertz CT molecular complexity index is 479. The second kappa shape index (κ2) is 4.48. The summed E-state index contributed by atoms with van der Waals surface area (Å²) in [5, 5.41) is 9.92. The smallest absolute Gasteiger partial charge is 0.129 e. The highest BCUT2D eigenvalue weighted by molar-refractivity contribution is 7.80. The number of aliphatic hydroxyl groups excluding tert-OH is 1. The van der Waals surface area contributed by atoms with Gasteiger partial charge in [-0.3, -0.25) is 0 Å². The van der Waals surface area contributed by atoms with E-state index in [1.54, 1.807) is 0 Å². The lowest BCUT2D eigenvalue weighted by atomic mass is 10.00. The highest BCUT2D eigenvalue weighted by Crippen LogP contribution is 2.39. The van der Waals surface area contributed by atoms with Gasteiger partial charge in [0.2, 0.25) is 0 Å². The first-order valence-corrected chi connectivity index (χ1v) is 6.76. The molecule has 2 aliphatic rings. The quantitative estimate of drug-likeness (QED) is 0.777. The van der Waals surface area contributed by atoms with E-state index in [2.05, 4.69) is 9.88 Å². The molecule has 2 fully saturated rings. The fraction of sp³-hybridized carbons (Fsp3) is 0.538. The molecule has 1 aromatic rings.